The van der Waals surface area contributed by atoms with E-state index in [4.69, 9.17) is 0 Å². The minimum absolute atomic E-state index is 0.147. The summed E-state index contributed by atoms with van der Waals surface area (Å²) >= 11 is 0. The Hall–Kier alpha value is -1.45. The molecule has 1 heterocycles. The van der Waals surface area contributed by atoms with E-state index < -0.39 is 0 Å². The van der Waals surface area contributed by atoms with Crippen LogP contribution in [0.15, 0.2) is 23.1 Å². The highest BCUT2D eigenvalue weighted by molar-refractivity contribution is 5.82. The molecular weight excluding hydrogens is 192 g/mol. The third kappa shape index (κ3) is 2.14. The second kappa shape index (κ2) is 4.38. The molecule has 0 aromatic carbocycles. The van der Waals surface area contributed by atoms with E-state index in [-0.39, 0.29) is 17.4 Å². The second-order valence-corrected chi connectivity index (χ2v) is 3.89. The van der Waals surface area contributed by atoms with Gasteiger partial charge in [0, 0.05) is 18.7 Å². The molecule has 0 spiro atoms. The Morgan fingerprint density at radius 1 is 1.27 bits per heavy atom. The van der Waals surface area contributed by atoms with Crippen molar-refractivity contribution in [3.63, 3.8) is 0 Å². The van der Waals surface area contributed by atoms with Gasteiger partial charge in [-0.3, -0.25) is 9.59 Å². The van der Waals surface area contributed by atoms with Crippen molar-refractivity contribution in [1.82, 2.24) is 9.78 Å². The lowest BCUT2D eigenvalue weighted by Crippen LogP contribution is -2.30. The highest BCUT2D eigenvalue weighted by Gasteiger charge is 2.23. The number of carbonyl (C=O) groups is 1. The number of ketones is 1. The fourth-order valence-corrected chi connectivity index (χ4v) is 2.00. The first-order valence-electron chi connectivity index (χ1n) is 5.35. The Bertz CT molecular complexity index is 411. The first-order chi connectivity index (χ1) is 7.29. The lowest BCUT2D eigenvalue weighted by Gasteiger charge is -2.13. The van der Waals surface area contributed by atoms with Gasteiger partial charge in [-0.15, -0.1) is 0 Å². The lowest BCUT2D eigenvalue weighted by atomic mass is 10.1. The minimum Gasteiger partial charge on any atom is -0.297 e. The average molecular weight is 206 g/mol. The molecule has 0 radical (unpaired) electrons. The van der Waals surface area contributed by atoms with Gasteiger partial charge < -0.3 is 0 Å². The maximum absolute atomic E-state index is 11.8. The molecule has 0 bridgehead atoms. The van der Waals surface area contributed by atoms with Gasteiger partial charge in [0.05, 0.1) is 0 Å². The van der Waals surface area contributed by atoms with Gasteiger partial charge in [0.1, 0.15) is 6.04 Å². The molecule has 0 saturated heterocycles. The minimum atomic E-state index is -0.332. The standard InChI is InChI=1S/C11H14N2O2/c14-10-6-3-1-2-5-9(10)13-11(15)7-4-8-12-13/h4,7-9H,1-3,5-6H2. The molecule has 4 heteroatoms. The third-order valence-electron chi connectivity index (χ3n) is 2.81. The quantitative estimate of drug-likeness (QED) is 0.651. The Balaban J connectivity index is 2.32. The normalized spacial score (nSPS) is 22.4. The largest absolute Gasteiger partial charge is 0.297 e. The van der Waals surface area contributed by atoms with E-state index in [9.17, 15) is 9.59 Å². The van der Waals surface area contributed by atoms with Crippen molar-refractivity contribution in [1.29, 1.82) is 0 Å². The summed E-state index contributed by atoms with van der Waals surface area (Å²) in [5.74, 6) is 0.147. The average Bonchev–Trinajstić information content (AvgIpc) is 2.44. The molecule has 0 aliphatic heterocycles. The number of Topliss-reactive ketones (excluding diaryl/α,β-unsaturated/α-hetero) is 1. The molecule has 1 saturated carbocycles. The molecule has 1 atom stereocenters. The van der Waals surface area contributed by atoms with Crippen molar-refractivity contribution in [2.24, 2.45) is 0 Å². The van der Waals surface area contributed by atoms with Crippen molar-refractivity contribution in [3.8, 4) is 0 Å². The summed E-state index contributed by atoms with van der Waals surface area (Å²) < 4.78 is 1.33. The molecule has 1 aliphatic rings. The van der Waals surface area contributed by atoms with E-state index in [0.29, 0.717) is 6.42 Å². The molecule has 0 amide bonds. The summed E-state index contributed by atoms with van der Waals surface area (Å²) in [4.78, 5) is 23.3. The number of carbonyl (C=O) groups excluding carboxylic acids is 1. The fourth-order valence-electron chi connectivity index (χ4n) is 2.00. The maximum atomic E-state index is 11.8. The zero-order valence-electron chi connectivity index (χ0n) is 8.56. The number of hydrogen-bond donors (Lipinski definition) is 0. The molecule has 1 aromatic rings. The van der Waals surface area contributed by atoms with Crippen LogP contribution in [0, 0.1) is 0 Å². The second-order valence-electron chi connectivity index (χ2n) is 3.89. The maximum Gasteiger partial charge on any atom is 0.267 e. The van der Waals surface area contributed by atoms with Crippen LogP contribution in [0.5, 0.6) is 0 Å². The predicted octanol–water partition coefficient (Wildman–Crippen LogP) is 1.32. The van der Waals surface area contributed by atoms with Crippen molar-refractivity contribution in [2.75, 3.05) is 0 Å². The van der Waals surface area contributed by atoms with Gasteiger partial charge in [0.25, 0.3) is 5.56 Å². The van der Waals surface area contributed by atoms with E-state index in [1.165, 1.54) is 10.7 Å². The summed E-state index contributed by atoms with van der Waals surface area (Å²) in [6, 6.07) is 2.71. The monoisotopic (exact) mass is 206 g/mol. The van der Waals surface area contributed by atoms with Crippen LogP contribution < -0.4 is 5.56 Å². The van der Waals surface area contributed by atoms with Gasteiger partial charge >= 0.3 is 0 Å². The van der Waals surface area contributed by atoms with Crippen LogP contribution in [0.1, 0.15) is 38.1 Å². The number of rotatable bonds is 1. The number of hydrogen-bond acceptors (Lipinski definition) is 3. The molecule has 4 nitrogen and oxygen atoms in total. The fraction of sp³-hybridized carbons (Fsp3) is 0.545. The molecule has 80 valence electrons. The third-order valence-corrected chi connectivity index (χ3v) is 2.81. The summed E-state index contributed by atoms with van der Waals surface area (Å²) in [5.41, 5.74) is -0.183. The van der Waals surface area contributed by atoms with E-state index in [1.54, 1.807) is 12.3 Å². The van der Waals surface area contributed by atoms with E-state index in [2.05, 4.69) is 5.10 Å². The molecule has 2 rings (SSSR count). The first kappa shape index (κ1) is 10.1. The highest BCUT2D eigenvalue weighted by Crippen LogP contribution is 2.22. The van der Waals surface area contributed by atoms with Gasteiger partial charge in [-0.25, -0.2) is 4.68 Å². The summed E-state index contributed by atoms with van der Waals surface area (Å²) in [7, 11) is 0. The van der Waals surface area contributed by atoms with Crippen molar-refractivity contribution in [2.45, 2.75) is 38.1 Å². The van der Waals surface area contributed by atoms with Crippen LogP contribution in [0.25, 0.3) is 0 Å². The zero-order valence-corrected chi connectivity index (χ0v) is 8.56. The Kier molecular flexibility index (Phi) is 2.94. The molecular formula is C11H14N2O2. The summed E-state index contributed by atoms with van der Waals surface area (Å²) in [6.45, 7) is 0. The molecule has 1 aromatic heterocycles. The number of aromatic nitrogens is 2. The van der Waals surface area contributed by atoms with Crippen LogP contribution in [0.3, 0.4) is 0 Å². The first-order valence-corrected chi connectivity index (χ1v) is 5.35. The lowest BCUT2D eigenvalue weighted by molar-refractivity contribution is -0.122. The van der Waals surface area contributed by atoms with Crippen molar-refractivity contribution < 1.29 is 4.79 Å². The Morgan fingerprint density at radius 2 is 2.13 bits per heavy atom. The van der Waals surface area contributed by atoms with Crippen LogP contribution in [0.2, 0.25) is 0 Å². The Morgan fingerprint density at radius 3 is 2.93 bits per heavy atom. The van der Waals surface area contributed by atoms with E-state index in [1.807, 2.05) is 0 Å². The van der Waals surface area contributed by atoms with Gasteiger partial charge in [-0.2, -0.15) is 5.10 Å². The summed E-state index contributed by atoms with van der Waals surface area (Å²) in [5, 5.41) is 3.98. The van der Waals surface area contributed by atoms with Gasteiger partial charge in [-0.1, -0.05) is 12.8 Å². The predicted molar refractivity (Wildman–Crippen MR) is 55.6 cm³/mol. The van der Waals surface area contributed by atoms with Crippen molar-refractivity contribution in [3.05, 3.63) is 28.7 Å². The zero-order chi connectivity index (χ0) is 10.7. The van der Waals surface area contributed by atoms with Crippen LogP contribution in [-0.2, 0) is 4.79 Å². The molecule has 15 heavy (non-hydrogen) atoms. The van der Waals surface area contributed by atoms with Gasteiger partial charge in [0.2, 0.25) is 0 Å². The van der Waals surface area contributed by atoms with Gasteiger partial charge in [-0.05, 0) is 18.9 Å². The highest BCUT2D eigenvalue weighted by atomic mass is 16.1. The van der Waals surface area contributed by atoms with E-state index in [0.717, 1.165) is 25.7 Å². The smallest absolute Gasteiger partial charge is 0.267 e. The molecule has 0 N–H and O–H groups in total. The molecule has 1 aliphatic carbocycles. The van der Waals surface area contributed by atoms with Crippen LogP contribution in [0.4, 0.5) is 0 Å². The Labute approximate surface area is 87.9 Å². The number of nitrogens with zero attached hydrogens (tertiary/aromatic N) is 2. The topological polar surface area (TPSA) is 52.0 Å². The van der Waals surface area contributed by atoms with Crippen molar-refractivity contribution >= 4 is 5.78 Å². The van der Waals surface area contributed by atoms with Crippen LogP contribution in [-0.4, -0.2) is 15.6 Å². The van der Waals surface area contributed by atoms with E-state index >= 15 is 0 Å². The molecule has 1 fully saturated rings. The summed E-state index contributed by atoms with van der Waals surface area (Å²) in [6.07, 6.45) is 5.89. The van der Waals surface area contributed by atoms with Gasteiger partial charge in [0.15, 0.2) is 5.78 Å². The van der Waals surface area contributed by atoms with Crippen LogP contribution >= 0.6 is 0 Å². The SMILES string of the molecule is O=C1CCCCCC1n1ncccc1=O. The molecule has 1 unspecified atom stereocenters.